The van der Waals surface area contributed by atoms with Crippen molar-refractivity contribution in [1.82, 2.24) is 19.7 Å². The van der Waals surface area contributed by atoms with Crippen LogP contribution in [0.5, 0.6) is 0 Å². The Bertz CT molecular complexity index is 1000. The second-order valence-corrected chi connectivity index (χ2v) is 8.13. The van der Waals surface area contributed by atoms with E-state index in [0.29, 0.717) is 29.1 Å². The van der Waals surface area contributed by atoms with E-state index in [1.807, 2.05) is 43.6 Å². The molecule has 8 heteroatoms. The van der Waals surface area contributed by atoms with Crippen molar-refractivity contribution in [2.75, 3.05) is 10.6 Å². The summed E-state index contributed by atoms with van der Waals surface area (Å²) in [5.41, 5.74) is 1.67. The standard InChI is InChI=1S/C22H25ClN6O/c1-29-14-17(12-25-29)26-22-24-13-18(23)21(28-22)27-20(16-9-3-2-4-10-16)19(30)11-15-7-5-6-8-15/h2-4,9-10,12-15,20H,5-8,11H2,1H3,(H2,24,26,27,28)/t20-/m0/s1. The van der Waals surface area contributed by atoms with E-state index < -0.39 is 6.04 Å². The third-order valence-electron chi connectivity index (χ3n) is 5.41. The highest BCUT2D eigenvalue weighted by atomic mass is 35.5. The van der Waals surface area contributed by atoms with Crippen LogP contribution in [0.4, 0.5) is 17.5 Å². The molecule has 1 aliphatic rings. The Morgan fingerprint density at radius 1 is 1.23 bits per heavy atom. The second-order valence-electron chi connectivity index (χ2n) is 7.73. The van der Waals surface area contributed by atoms with E-state index in [2.05, 4.69) is 25.7 Å². The lowest BCUT2D eigenvalue weighted by atomic mass is 9.93. The second kappa shape index (κ2) is 9.26. The number of carbonyl (C=O) groups is 1. The Morgan fingerprint density at radius 3 is 2.70 bits per heavy atom. The summed E-state index contributed by atoms with van der Waals surface area (Å²) >= 11 is 6.37. The summed E-state index contributed by atoms with van der Waals surface area (Å²) in [4.78, 5) is 22.0. The first kappa shape index (κ1) is 20.3. The van der Waals surface area contributed by atoms with Crippen molar-refractivity contribution < 1.29 is 4.79 Å². The number of nitrogens with one attached hydrogen (secondary N) is 2. The number of aromatic nitrogens is 4. The molecule has 2 N–H and O–H groups in total. The third-order valence-corrected chi connectivity index (χ3v) is 5.68. The number of halogens is 1. The van der Waals surface area contributed by atoms with E-state index in [1.165, 1.54) is 19.0 Å². The molecule has 4 rings (SSSR count). The van der Waals surface area contributed by atoms with Crippen LogP contribution in [-0.2, 0) is 11.8 Å². The number of carbonyl (C=O) groups excluding carboxylic acids is 1. The van der Waals surface area contributed by atoms with Crippen molar-refractivity contribution in [2.45, 2.75) is 38.1 Å². The lowest BCUT2D eigenvalue weighted by Gasteiger charge is -2.21. The fraction of sp³-hybridized carbons (Fsp3) is 0.364. The molecule has 1 atom stereocenters. The first-order chi connectivity index (χ1) is 14.6. The van der Waals surface area contributed by atoms with Gasteiger partial charge in [-0.25, -0.2) is 4.98 Å². The van der Waals surface area contributed by atoms with Crippen LogP contribution in [0.1, 0.15) is 43.7 Å². The quantitative estimate of drug-likeness (QED) is 0.534. The molecule has 0 aliphatic heterocycles. The molecule has 0 bridgehead atoms. The van der Waals surface area contributed by atoms with Crippen molar-refractivity contribution >= 4 is 34.8 Å². The largest absolute Gasteiger partial charge is 0.355 e. The lowest BCUT2D eigenvalue weighted by molar-refractivity contribution is -0.120. The Morgan fingerprint density at radius 2 is 2.00 bits per heavy atom. The SMILES string of the molecule is Cn1cc(Nc2ncc(Cl)c(N[C@H](C(=O)CC3CCCC3)c3ccccc3)n2)cn1. The van der Waals surface area contributed by atoms with Gasteiger partial charge in [-0.1, -0.05) is 67.6 Å². The molecule has 1 fully saturated rings. The zero-order valence-electron chi connectivity index (χ0n) is 16.9. The van der Waals surface area contributed by atoms with E-state index in [0.717, 1.165) is 24.1 Å². The lowest BCUT2D eigenvalue weighted by Crippen LogP contribution is -2.23. The number of ketones is 1. The van der Waals surface area contributed by atoms with Gasteiger partial charge in [0.2, 0.25) is 5.95 Å². The number of aryl methyl sites for hydroxylation is 1. The average Bonchev–Trinajstić information content (AvgIpc) is 3.40. The number of anilines is 3. The van der Waals surface area contributed by atoms with Gasteiger partial charge in [-0.3, -0.25) is 9.48 Å². The molecule has 0 radical (unpaired) electrons. The van der Waals surface area contributed by atoms with Crippen molar-refractivity contribution in [2.24, 2.45) is 13.0 Å². The fourth-order valence-electron chi connectivity index (χ4n) is 3.89. The highest BCUT2D eigenvalue weighted by Crippen LogP contribution is 2.32. The molecule has 156 valence electrons. The van der Waals surface area contributed by atoms with Gasteiger partial charge in [0.05, 0.1) is 18.1 Å². The fourth-order valence-corrected chi connectivity index (χ4v) is 4.04. The van der Waals surface area contributed by atoms with Gasteiger partial charge in [0.15, 0.2) is 11.6 Å². The molecule has 0 unspecified atom stereocenters. The number of hydrogen-bond donors (Lipinski definition) is 2. The highest BCUT2D eigenvalue weighted by Gasteiger charge is 2.26. The Kier molecular flexibility index (Phi) is 6.28. The summed E-state index contributed by atoms with van der Waals surface area (Å²) in [6.45, 7) is 0. The van der Waals surface area contributed by atoms with Gasteiger partial charge < -0.3 is 10.6 Å². The topological polar surface area (TPSA) is 84.7 Å². The summed E-state index contributed by atoms with van der Waals surface area (Å²) in [6, 6.07) is 9.20. The Hall–Kier alpha value is -2.93. The summed E-state index contributed by atoms with van der Waals surface area (Å²) in [7, 11) is 1.83. The maximum absolute atomic E-state index is 13.2. The number of rotatable bonds is 8. The van der Waals surface area contributed by atoms with Crippen LogP contribution in [0.3, 0.4) is 0 Å². The van der Waals surface area contributed by atoms with Gasteiger partial charge >= 0.3 is 0 Å². The van der Waals surface area contributed by atoms with E-state index in [-0.39, 0.29) is 5.78 Å². The highest BCUT2D eigenvalue weighted by molar-refractivity contribution is 6.32. The molecule has 1 aliphatic carbocycles. The molecule has 30 heavy (non-hydrogen) atoms. The van der Waals surface area contributed by atoms with Gasteiger partial charge in [-0.05, 0) is 11.5 Å². The Balaban J connectivity index is 1.57. The van der Waals surface area contributed by atoms with Crippen molar-refractivity contribution in [3.8, 4) is 0 Å². The summed E-state index contributed by atoms with van der Waals surface area (Å²) in [6.07, 6.45) is 10.3. The van der Waals surface area contributed by atoms with Gasteiger partial charge in [-0.15, -0.1) is 0 Å². The molecule has 3 aromatic rings. The van der Waals surface area contributed by atoms with Crippen LogP contribution >= 0.6 is 11.6 Å². The zero-order chi connectivity index (χ0) is 20.9. The van der Waals surface area contributed by atoms with Crippen molar-refractivity contribution in [1.29, 1.82) is 0 Å². The summed E-state index contributed by atoms with van der Waals surface area (Å²) in [5.74, 6) is 1.43. The van der Waals surface area contributed by atoms with Gasteiger partial charge in [-0.2, -0.15) is 10.1 Å². The van der Waals surface area contributed by atoms with Gasteiger partial charge in [0.25, 0.3) is 0 Å². The third kappa shape index (κ3) is 4.97. The van der Waals surface area contributed by atoms with E-state index in [4.69, 9.17) is 11.6 Å². The van der Waals surface area contributed by atoms with Crippen LogP contribution in [0, 0.1) is 5.92 Å². The first-order valence-corrected chi connectivity index (χ1v) is 10.6. The maximum atomic E-state index is 13.2. The van der Waals surface area contributed by atoms with Gasteiger partial charge in [0, 0.05) is 19.7 Å². The number of hydrogen-bond acceptors (Lipinski definition) is 6. The molecule has 2 heterocycles. The molecule has 2 aromatic heterocycles. The molecule has 0 amide bonds. The van der Waals surface area contributed by atoms with Gasteiger partial charge in [0.1, 0.15) is 11.1 Å². The number of nitrogens with zero attached hydrogens (tertiary/aromatic N) is 4. The molecular formula is C22H25ClN6O. The molecule has 0 spiro atoms. The number of Topliss-reactive ketones (excluding diaryl/α,β-unsaturated/α-hetero) is 1. The van der Waals surface area contributed by atoms with Crippen molar-refractivity contribution in [3.63, 3.8) is 0 Å². The van der Waals surface area contributed by atoms with Crippen LogP contribution in [0.25, 0.3) is 0 Å². The van der Waals surface area contributed by atoms with E-state index in [9.17, 15) is 4.79 Å². The molecular weight excluding hydrogens is 400 g/mol. The number of benzene rings is 1. The minimum Gasteiger partial charge on any atom is -0.355 e. The monoisotopic (exact) mass is 424 g/mol. The van der Waals surface area contributed by atoms with E-state index in [1.54, 1.807) is 10.9 Å². The normalized spacial score (nSPS) is 15.1. The molecule has 1 aromatic carbocycles. The molecule has 7 nitrogen and oxygen atoms in total. The van der Waals surface area contributed by atoms with Crippen molar-refractivity contribution in [3.05, 3.63) is 59.5 Å². The first-order valence-electron chi connectivity index (χ1n) is 10.2. The molecule has 0 saturated heterocycles. The van der Waals surface area contributed by atoms with Crippen LogP contribution in [0.15, 0.2) is 48.9 Å². The van der Waals surface area contributed by atoms with Crippen LogP contribution in [-0.4, -0.2) is 25.5 Å². The predicted octanol–water partition coefficient (Wildman–Crippen LogP) is 4.91. The smallest absolute Gasteiger partial charge is 0.229 e. The minimum atomic E-state index is -0.509. The summed E-state index contributed by atoms with van der Waals surface area (Å²) < 4.78 is 1.69. The van der Waals surface area contributed by atoms with Crippen LogP contribution < -0.4 is 10.6 Å². The minimum absolute atomic E-state index is 0.157. The zero-order valence-corrected chi connectivity index (χ0v) is 17.6. The Labute approximate surface area is 180 Å². The maximum Gasteiger partial charge on any atom is 0.229 e. The predicted molar refractivity (Wildman–Crippen MR) is 118 cm³/mol. The molecule has 1 saturated carbocycles. The van der Waals surface area contributed by atoms with E-state index >= 15 is 0 Å². The van der Waals surface area contributed by atoms with Crippen LogP contribution in [0.2, 0.25) is 5.02 Å². The average molecular weight is 425 g/mol. The summed E-state index contributed by atoms with van der Waals surface area (Å²) in [5, 5.41) is 10.9.